The first-order valence-corrected chi connectivity index (χ1v) is 9.99. The van der Waals surface area contributed by atoms with Crippen LogP contribution in [0.2, 0.25) is 5.02 Å². The lowest BCUT2D eigenvalue weighted by atomic mass is 10.1. The maximum atomic E-state index is 12.6. The zero-order valence-corrected chi connectivity index (χ0v) is 17.7. The molecule has 0 bridgehead atoms. The first-order valence-electron chi connectivity index (χ1n) is 9.61. The Morgan fingerprint density at radius 2 is 1.80 bits per heavy atom. The van der Waals surface area contributed by atoms with Crippen molar-refractivity contribution in [3.8, 4) is 17.2 Å². The molecule has 0 fully saturated rings. The molecule has 30 heavy (non-hydrogen) atoms. The molecule has 152 valence electrons. The van der Waals surface area contributed by atoms with Crippen molar-refractivity contribution >= 4 is 34.3 Å². The van der Waals surface area contributed by atoms with Crippen LogP contribution in [0.3, 0.4) is 0 Å². The third kappa shape index (κ3) is 4.16. The molecule has 0 radical (unpaired) electrons. The second kappa shape index (κ2) is 8.20. The second-order valence-corrected chi connectivity index (χ2v) is 7.57. The van der Waals surface area contributed by atoms with Crippen molar-refractivity contribution in [2.45, 2.75) is 26.9 Å². The van der Waals surface area contributed by atoms with Crippen molar-refractivity contribution < 1.29 is 13.9 Å². The van der Waals surface area contributed by atoms with Crippen LogP contribution in [0.5, 0.6) is 5.75 Å². The molecule has 0 aliphatic heterocycles. The van der Waals surface area contributed by atoms with Crippen molar-refractivity contribution in [1.82, 2.24) is 4.98 Å². The SMILES string of the molecule is Cc1cc(O[C@@H](C)C(=O)Nc2cccc(-c3nc4ccccc4o3)c2)cc(C)c1Cl. The van der Waals surface area contributed by atoms with E-state index in [-0.39, 0.29) is 5.91 Å². The van der Waals surface area contributed by atoms with Gasteiger partial charge in [0.15, 0.2) is 11.7 Å². The van der Waals surface area contributed by atoms with E-state index in [0.717, 1.165) is 27.8 Å². The number of oxazole rings is 1. The van der Waals surface area contributed by atoms with Crippen LogP contribution in [0.4, 0.5) is 5.69 Å². The molecule has 1 aromatic heterocycles. The van der Waals surface area contributed by atoms with Gasteiger partial charge in [-0.25, -0.2) is 4.98 Å². The number of ether oxygens (including phenoxy) is 1. The summed E-state index contributed by atoms with van der Waals surface area (Å²) < 4.78 is 11.6. The molecule has 6 heteroatoms. The van der Waals surface area contributed by atoms with E-state index in [1.165, 1.54) is 0 Å². The Bertz CT molecular complexity index is 1180. The zero-order chi connectivity index (χ0) is 21.3. The van der Waals surface area contributed by atoms with E-state index in [2.05, 4.69) is 10.3 Å². The van der Waals surface area contributed by atoms with Gasteiger partial charge in [0.2, 0.25) is 5.89 Å². The van der Waals surface area contributed by atoms with E-state index in [1.54, 1.807) is 6.92 Å². The summed E-state index contributed by atoms with van der Waals surface area (Å²) in [5.74, 6) is 0.857. The number of benzene rings is 3. The molecule has 0 saturated carbocycles. The van der Waals surface area contributed by atoms with Crippen molar-refractivity contribution in [3.05, 3.63) is 76.8 Å². The van der Waals surface area contributed by atoms with Crippen LogP contribution in [0.15, 0.2) is 65.1 Å². The number of hydrogen-bond donors (Lipinski definition) is 1. The molecular formula is C24H21ClN2O3. The number of anilines is 1. The minimum Gasteiger partial charge on any atom is -0.481 e. The van der Waals surface area contributed by atoms with Crippen molar-refractivity contribution in [2.75, 3.05) is 5.32 Å². The molecule has 5 nitrogen and oxygen atoms in total. The van der Waals surface area contributed by atoms with Crippen molar-refractivity contribution in [1.29, 1.82) is 0 Å². The van der Waals surface area contributed by atoms with Crippen molar-refractivity contribution in [2.24, 2.45) is 0 Å². The Kier molecular flexibility index (Phi) is 5.46. The molecule has 0 saturated heterocycles. The van der Waals surface area contributed by atoms with Gasteiger partial charge in [-0.1, -0.05) is 29.8 Å². The van der Waals surface area contributed by atoms with Gasteiger partial charge in [-0.15, -0.1) is 0 Å². The highest BCUT2D eigenvalue weighted by Crippen LogP contribution is 2.28. The van der Waals surface area contributed by atoms with Gasteiger partial charge in [-0.3, -0.25) is 4.79 Å². The summed E-state index contributed by atoms with van der Waals surface area (Å²) in [6.07, 6.45) is -0.682. The van der Waals surface area contributed by atoms with Gasteiger partial charge in [0, 0.05) is 16.3 Å². The lowest BCUT2D eigenvalue weighted by Crippen LogP contribution is -2.30. The molecule has 0 spiro atoms. The number of amides is 1. The molecule has 0 aliphatic carbocycles. The summed E-state index contributed by atoms with van der Waals surface area (Å²) in [4.78, 5) is 17.1. The molecule has 4 rings (SSSR count). The van der Waals surface area contributed by atoms with E-state index in [9.17, 15) is 4.79 Å². The van der Waals surface area contributed by atoms with E-state index < -0.39 is 6.10 Å². The molecule has 0 unspecified atom stereocenters. The zero-order valence-electron chi connectivity index (χ0n) is 16.9. The number of hydrogen-bond acceptors (Lipinski definition) is 4. The number of carbonyl (C=O) groups is 1. The first-order chi connectivity index (χ1) is 14.4. The summed E-state index contributed by atoms with van der Waals surface area (Å²) in [5.41, 5.74) is 4.74. The van der Waals surface area contributed by atoms with Gasteiger partial charge in [-0.05, 0) is 74.4 Å². The van der Waals surface area contributed by atoms with Crippen LogP contribution in [0.1, 0.15) is 18.1 Å². The van der Waals surface area contributed by atoms with E-state index in [1.807, 2.05) is 74.5 Å². The summed E-state index contributed by atoms with van der Waals surface area (Å²) in [6, 6.07) is 18.6. The number of aryl methyl sites for hydroxylation is 2. The Morgan fingerprint density at radius 1 is 1.07 bits per heavy atom. The predicted molar refractivity (Wildman–Crippen MR) is 119 cm³/mol. The molecule has 1 heterocycles. The minimum absolute atomic E-state index is 0.255. The predicted octanol–water partition coefficient (Wildman–Crippen LogP) is 6.17. The normalized spacial score (nSPS) is 12.0. The number of nitrogens with one attached hydrogen (secondary N) is 1. The van der Waals surface area contributed by atoms with E-state index in [4.69, 9.17) is 20.8 Å². The second-order valence-electron chi connectivity index (χ2n) is 7.19. The summed E-state index contributed by atoms with van der Waals surface area (Å²) >= 11 is 6.20. The van der Waals surface area contributed by atoms with Gasteiger partial charge < -0.3 is 14.5 Å². The quantitative estimate of drug-likeness (QED) is 0.419. The molecule has 1 atom stereocenters. The van der Waals surface area contributed by atoms with Gasteiger partial charge in [0.25, 0.3) is 5.91 Å². The van der Waals surface area contributed by atoms with Gasteiger partial charge >= 0.3 is 0 Å². The lowest BCUT2D eigenvalue weighted by Gasteiger charge is -2.16. The van der Waals surface area contributed by atoms with Crippen LogP contribution >= 0.6 is 11.6 Å². The van der Waals surface area contributed by atoms with Crippen LogP contribution in [0.25, 0.3) is 22.6 Å². The lowest BCUT2D eigenvalue weighted by molar-refractivity contribution is -0.122. The molecule has 0 aliphatic rings. The van der Waals surface area contributed by atoms with Crippen LogP contribution in [-0.4, -0.2) is 17.0 Å². The minimum atomic E-state index is -0.682. The number of carbonyl (C=O) groups excluding carboxylic acids is 1. The number of para-hydroxylation sites is 2. The van der Waals surface area contributed by atoms with Crippen LogP contribution < -0.4 is 10.1 Å². The fraction of sp³-hybridized carbons (Fsp3) is 0.167. The maximum Gasteiger partial charge on any atom is 0.265 e. The summed E-state index contributed by atoms with van der Waals surface area (Å²) in [5, 5.41) is 3.59. The van der Waals surface area contributed by atoms with E-state index >= 15 is 0 Å². The summed E-state index contributed by atoms with van der Waals surface area (Å²) in [6.45, 7) is 5.52. The molecular weight excluding hydrogens is 400 g/mol. The largest absolute Gasteiger partial charge is 0.481 e. The highest BCUT2D eigenvalue weighted by molar-refractivity contribution is 6.32. The fourth-order valence-electron chi connectivity index (χ4n) is 3.20. The molecule has 1 N–H and O–H groups in total. The van der Waals surface area contributed by atoms with Crippen LogP contribution in [-0.2, 0) is 4.79 Å². The number of aromatic nitrogens is 1. The van der Waals surface area contributed by atoms with Gasteiger partial charge in [-0.2, -0.15) is 0 Å². The number of rotatable bonds is 5. The monoisotopic (exact) mass is 420 g/mol. The highest BCUT2D eigenvalue weighted by Gasteiger charge is 2.17. The number of nitrogens with zero attached hydrogens (tertiary/aromatic N) is 1. The third-order valence-corrected chi connectivity index (χ3v) is 5.36. The molecule has 3 aromatic carbocycles. The molecule has 1 amide bonds. The molecule has 4 aromatic rings. The maximum absolute atomic E-state index is 12.6. The first kappa shape index (κ1) is 20.0. The number of halogens is 1. The van der Waals surface area contributed by atoms with E-state index in [0.29, 0.717) is 22.4 Å². The van der Waals surface area contributed by atoms with Gasteiger partial charge in [0.05, 0.1) is 0 Å². The number of fused-ring (bicyclic) bond motifs is 1. The summed E-state index contributed by atoms with van der Waals surface area (Å²) in [7, 11) is 0. The standard InChI is InChI=1S/C24H21ClN2O3/c1-14-11-19(12-15(2)22(14)25)29-16(3)23(28)26-18-8-6-7-17(13-18)24-27-20-9-4-5-10-21(20)30-24/h4-13,16H,1-3H3,(H,26,28)/t16-/m0/s1. The Morgan fingerprint density at radius 3 is 2.53 bits per heavy atom. The smallest absolute Gasteiger partial charge is 0.265 e. The highest BCUT2D eigenvalue weighted by atomic mass is 35.5. The third-order valence-electron chi connectivity index (χ3n) is 4.76. The Balaban J connectivity index is 1.48. The topological polar surface area (TPSA) is 64.4 Å². The Labute approximate surface area is 179 Å². The van der Waals surface area contributed by atoms with Gasteiger partial charge in [0.1, 0.15) is 11.3 Å². The van der Waals surface area contributed by atoms with Crippen molar-refractivity contribution in [3.63, 3.8) is 0 Å². The average molecular weight is 421 g/mol. The average Bonchev–Trinajstić information content (AvgIpc) is 3.16. The Hall–Kier alpha value is -3.31. The fourth-order valence-corrected chi connectivity index (χ4v) is 3.31. The van der Waals surface area contributed by atoms with Crippen LogP contribution in [0, 0.1) is 13.8 Å².